The topological polar surface area (TPSA) is 54.4 Å². The summed E-state index contributed by atoms with van der Waals surface area (Å²) in [5, 5.41) is 0. The Labute approximate surface area is 50.4 Å². The van der Waals surface area contributed by atoms with Crippen LogP contribution in [0, 0.1) is 0 Å². The molecule has 0 saturated heterocycles. The van der Waals surface area contributed by atoms with Crippen LogP contribution in [0.2, 0.25) is 0 Å². The number of hydrogen-bond acceptors (Lipinski definition) is 2. The average Bonchev–Trinajstić information content (AvgIpc) is 1.65. The molecule has 0 radical (unpaired) electrons. The van der Waals surface area contributed by atoms with E-state index in [-0.39, 0.29) is 11.5 Å². The van der Waals surface area contributed by atoms with Crippen LogP contribution < -0.4 is 0 Å². The Bertz CT molecular complexity index is 110. The van der Waals surface area contributed by atoms with Gasteiger partial charge in [-0.05, 0) is 0 Å². The number of ketones is 1. The molecular formula is C4H8O3S. The van der Waals surface area contributed by atoms with Crippen molar-refractivity contribution in [2.24, 2.45) is 0 Å². The summed E-state index contributed by atoms with van der Waals surface area (Å²) in [6.07, 6.45) is 0.340. The van der Waals surface area contributed by atoms with Gasteiger partial charge in [-0.3, -0.25) is 4.79 Å². The first-order valence-corrected chi connectivity index (χ1v) is 3.53. The van der Waals surface area contributed by atoms with Gasteiger partial charge in [0, 0.05) is 6.42 Å². The standard InChI is InChI=1S/C4H8O3S/c1-2-4(5)3-8(6)7/h2-3H2,1H3,(H,6,7). The minimum absolute atomic E-state index is 0.175. The van der Waals surface area contributed by atoms with E-state index in [4.69, 9.17) is 4.55 Å². The first kappa shape index (κ1) is 7.78. The fourth-order valence-electron chi connectivity index (χ4n) is 0.240. The molecule has 0 spiro atoms. The Kier molecular flexibility index (Phi) is 3.64. The van der Waals surface area contributed by atoms with Crippen molar-refractivity contribution in [3.8, 4) is 0 Å². The van der Waals surface area contributed by atoms with E-state index in [1.54, 1.807) is 6.92 Å². The van der Waals surface area contributed by atoms with Crippen LogP contribution in [0.3, 0.4) is 0 Å². The number of Topliss-reactive ketones (excluding diaryl/α,β-unsaturated/α-hetero) is 1. The van der Waals surface area contributed by atoms with Crippen LogP contribution in [0.4, 0.5) is 0 Å². The minimum Gasteiger partial charge on any atom is -0.306 e. The molecule has 0 aliphatic carbocycles. The van der Waals surface area contributed by atoms with Gasteiger partial charge in [0.15, 0.2) is 11.1 Å². The number of rotatable bonds is 3. The number of hydrogen-bond donors (Lipinski definition) is 1. The molecule has 0 aliphatic rings. The molecule has 1 unspecified atom stereocenters. The van der Waals surface area contributed by atoms with E-state index in [0.717, 1.165) is 0 Å². The highest BCUT2D eigenvalue weighted by Crippen LogP contribution is 1.82. The van der Waals surface area contributed by atoms with E-state index >= 15 is 0 Å². The lowest BCUT2D eigenvalue weighted by Gasteiger charge is -1.87. The molecule has 0 heterocycles. The molecule has 8 heavy (non-hydrogen) atoms. The highest BCUT2D eigenvalue weighted by Gasteiger charge is 2.00. The summed E-state index contributed by atoms with van der Waals surface area (Å²) >= 11 is -1.95. The summed E-state index contributed by atoms with van der Waals surface area (Å²) < 4.78 is 18.0. The Morgan fingerprint density at radius 3 is 2.38 bits per heavy atom. The van der Waals surface area contributed by atoms with Crippen LogP contribution in [-0.2, 0) is 15.9 Å². The van der Waals surface area contributed by atoms with Gasteiger partial charge in [-0.25, -0.2) is 4.21 Å². The van der Waals surface area contributed by atoms with Crippen molar-refractivity contribution in [3.63, 3.8) is 0 Å². The van der Waals surface area contributed by atoms with E-state index in [1.165, 1.54) is 0 Å². The minimum atomic E-state index is -1.95. The summed E-state index contributed by atoms with van der Waals surface area (Å²) in [5.41, 5.74) is 0. The maximum absolute atomic E-state index is 10.3. The summed E-state index contributed by atoms with van der Waals surface area (Å²) in [4.78, 5) is 10.3. The van der Waals surface area contributed by atoms with Crippen molar-refractivity contribution in [1.82, 2.24) is 0 Å². The van der Waals surface area contributed by atoms with Crippen LogP contribution in [0.1, 0.15) is 13.3 Å². The molecule has 0 rings (SSSR count). The SMILES string of the molecule is CCC(=O)CS(=O)O. The maximum Gasteiger partial charge on any atom is 0.160 e. The Morgan fingerprint density at radius 1 is 1.75 bits per heavy atom. The van der Waals surface area contributed by atoms with E-state index in [2.05, 4.69) is 0 Å². The van der Waals surface area contributed by atoms with E-state index < -0.39 is 11.1 Å². The monoisotopic (exact) mass is 136 g/mol. The molecule has 48 valence electrons. The summed E-state index contributed by atoms with van der Waals surface area (Å²) in [6.45, 7) is 1.66. The molecule has 0 fully saturated rings. The third-order valence-corrected chi connectivity index (χ3v) is 1.25. The molecule has 0 bridgehead atoms. The molecule has 0 amide bonds. The molecule has 0 aromatic heterocycles. The lowest BCUT2D eigenvalue weighted by atomic mass is 10.4. The summed E-state index contributed by atoms with van der Waals surface area (Å²) in [7, 11) is 0. The number of carbonyl (C=O) groups is 1. The molecule has 3 nitrogen and oxygen atoms in total. The van der Waals surface area contributed by atoms with Crippen molar-refractivity contribution in [3.05, 3.63) is 0 Å². The normalized spacial score (nSPS) is 13.2. The second-order valence-electron chi connectivity index (χ2n) is 1.36. The molecule has 0 aliphatic heterocycles. The second-order valence-corrected chi connectivity index (χ2v) is 2.29. The van der Waals surface area contributed by atoms with Gasteiger partial charge in [0.05, 0.1) is 0 Å². The zero-order valence-corrected chi connectivity index (χ0v) is 5.40. The predicted molar refractivity (Wildman–Crippen MR) is 30.9 cm³/mol. The highest BCUT2D eigenvalue weighted by atomic mass is 32.2. The molecule has 4 heteroatoms. The fourth-order valence-corrected chi connectivity index (χ4v) is 0.719. The summed E-state index contributed by atoms with van der Waals surface area (Å²) in [6, 6.07) is 0. The van der Waals surface area contributed by atoms with Crippen molar-refractivity contribution < 1.29 is 13.6 Å². The lowest BCUT2D eigenvalue weighted by Crippen LogP contribution is -2.07. The first-order valence-electron chi connectivity index (χ1n) is 2.26. The van der Waals surface area contributed by atoms with Gasteiger partial charge in [-0.1, -0.05) is 6.92 Å². The Morgan fingerprint density at radius 2 is 2.25 bits per heavy atom. The predicted octanol–water partition coefficient (Wildman–Crippen LogP) is 0.187. The van der Waals surface area contributed by atoms with Gasteiger partial charge < -0.3 is 4.55 Å². The third-order valence-electron chi connectivity index (χ3n) is 0.679. The zero-order valence-electron chi connectivity index (χ0n) is 4.59. The van der Waals surface area contributed by atoms with Gasteiger partial charge in [-0.15, -0.1) is 0 Å². The molecule has 0 aromatic carbocycles. The maximum atomic E-state index is 10.3. The largest absolute Gasteiger partial charge is 0.306 e. The third kappa shape index (κ3) is 3.95. The van der Waals surface area contributed by atoms with Crippen LogP contribution in [0.15, 0.2) is 0 Å². The van der Waals surface area contributed by atoms with E-state index in [0.29, 0.717) is 6.42 Å². The molecule has 0 saturated carbocycles. The smallest absolute Gasteiger partial charge is 0.160 e. The van der Waals surface area contributed by atoms with E-state index in [9.17, 15) is 9.00 Å². The van der Waals surface area contributed by atoms with Gasteiger partial charge in [0.1, 0.15) is 11.5 Å². The van der Waals surface area contributed by atoms with E-state index in [1.807, 2.05) is 0 Å². The molecular weight excluding hydrogens is 128 g/mol. The van der Waals surface area contributed by atoms with Crippen molar-refractivity contribution in [2.45, 2.75) is 13.3 Å². The lowest BCUT2D eigenvalue weighted by molar-refractivity contribution is -0.116. The van der Waals surface area contributed by atoms with Crippen LogP contribution in [0.25, 0.3) is 0 Å². The fraction of sp³-hybridized carbons (Fsp3) is 0.750. The van der Waals surface area contributed by atoms with Crippen LogP contribution in [0.5, 0.6) is 0 Å². The Hall–Kier alpha value is -0.220. The molecule has 0 aromatic rings. The van der Waals surface area contributed by atoms with Gasteiger partial charge in [-0.2, -0.15) is 0 Å². The average molecular weight is 136 g/mol. The highest BCUT2D eigenvalue weighted by molar-refractivity contribution is 7.80. The zero-order chi connectivity index (χ0) is 6.57. The second kappa shape index (κ2) is 3.74. The quantitative estimate of drug-likeness (QED) is 0.563. The first-order chi connectivity index (χ1) is 3.66. The Balaban J connectivity index is 3.40. The molecule has 1 atom stereocenters. The van der Waals surface area contributed by atoms with Crippen LogP contribution >= 0.6 is 0 Å². The van der Waals surface area contributed by atoms with Crippen molar-refractivity contribution >= 4 is 16.9 Å². The molecule has 1 N–H and O–H groups in total. The van der Waals surface area contributed by atoms with Gasteiger partial charge in [0.2, 0.25) is 0 Å². The van der Waals surface area contributed by atoms with Gasteiger partial charge in [0.25, 0.3) is 0 Å². The van der Waals surface area contributed by atoms with Crippen LogP contribution in [-0.4, -0.2) is 20.3 Å². The number of carbonyl (C=O) groups excluding carboxylic acids is 1. The van der Waals surface area contributed by atoms with Gasteiger partial charge >= 0.3 is 0 Å². The summed E-state index contributed by atoms with van der Waals surface area (Å²) in [5.74, 6) is -0.401. The van der Waals surface area contributed by atoms with Crippen molar-refractivity contribution in [2.75, 3.05) is 5.75 Å². The van der Waals surface area contributed by atoms with Crippen molar-refractivity contribution in [1.29, 1.82) is 0 Å².